The van der Waals surface area contributed by atoms with Crippen molar-refractivity contribution in [2.24, 2.45) is 0 Å². The predicted molar refractivity (Wildman–Crippen MR) is 87.7 cm³/mol. The molecule has 4 nitrogen and oxygen atoms in total. The van der Waals surface area contributed by atoms with Crippen molar-refractivity contribution in [3.8, 4) is 5.75 Å². The lowest BCUT2D eigenvalue weighted by atomic mass is 10.2. The van der Waals surface area contributed by atoms with E-state index in [2.05, 4.69) is 20.7 Å². The average molecular weight is 394 g/mol. The summed E-state index contributed by atoms with van der Waals surface area (Å²) in [5.74, 6) is 0.0584. The molecule has 1 aromatic carbocycles. The third-order valence-corrected chi connectivity index (χ3v) is 3.35. The fourth-order valence-corrected chi connectivity index (χ4v) is 2.41. The number of rotatable bonds is 6. The van der Waals surface area contributed by atoms with Crippen LogP contribution in [0.4, 0.5) is 13.6 Å². The van der Waals surface area contributed by atoms with Crippen LogP contribution in [-0.4, -0.2) is 29.8 Å². The molecule has 1 aromatic rings. The Morgan fingerprint density at radius 2 is 2.00 bits per heavy atom. The molecule has 0 atom stereocenters. The van der Waals surface area contributed by atoms with Gasteiger partial charge in [0.2, 0.25) is 0 Å². The summed E-state index contributed by atoms with van der Waals surface area (Å²) in [4.78, 5) is 13.8. The van der Waals surface area contributed by atoms with Gasteiger partial charge in [0, 0.05) is 13.1 Å². The highest BCUT2D eigenvalue weighted by atomic mass is 79.9. The Kier molecular flexibility index (Phi) is 7.25. The molecule has 0 aliphatic rings. The van der Waals surface area contributed by atoms with Crippen molar-refractivity contribution in [3.05, 3.63) is 28.2 Å². The number of nitrogens with zero attached hydrogens (tertiary/aromatic N) is 1. The van der Waals surface area contributed by atoms with Gasteiger partial charge >= 0.3 is 12.7 Å². The minimum atomic E-state index is -2.88. The quantitative estimate of drug-likeness (QED) is 0.666. The van der Waals surface area contributed by atoms with Crippen molar-refractivity contribution in [3.63, 3.8) is 0 Å². The Hall–Kier alpha value is -1.37. The van der Waals surface area contributed by atoms with Crippen LogP contribution in [0.3, 0.4) is 0 Å². The maximum Gasteiger partial charge on any atom is 0.410 e. The first kappa shape index (κ1) is 19.7. The molecular weight excluding hydrogens is 372 g/mol. The van der Waals surface area contributed by atoms with E-state index < -0.39 is 18.3 Å². The molecular formula is C16H22BrF2NO3. The van der Waals surface area contributed by atoms with Gasteiger partial charge in [-0.1, -0.05) is 13.0 Å². The smallest absolute Gasteiger partial charge is 0.410 e. The molecule has 0 saturated heterocycles. The Bertz CT molecular complexity index is 533. The van der Waals surface area contributed by atoms with Crippen LogP contribution < -0.4 is 4.74 Å². The van der Waals surface area contributed by atoms with E-state index in [4.69, 9.17) is 4.74 Å². The SMILES string of the molecule is CCCN(Cc1ccc(OC(F)F)c(Br)c1)C(=O)OC(C)(C)C. The molecule has 23 heavy (non-hydrogen) atoms. The Morgan fingerprint density at radius 1 is 1.35 bits per heavy atom. The fraction of sp³-hybridized carbons (Fsp3) is 0.562. The lowest BCUT2D eigenvalue weighted by Crippen LogP contribution is -2.36. The van der Waals surface area contributed by atoms with Crippen molar-refractivity contribution in [1.29, 1.82) is 0 Å². The third-order valence-electron chi connectivity index (χ3n) is 2.73. The van der Waals surface area contributed by atoms with Crippen LogP contribution in [0.5, 0.6) is 5.75 Å². The Balaban J connectivity index is 2.84. The van der Waals surface area contributed by atoms with Crippen LogP contribution in [0, 0.1) is 0 Å². The van der Waals surface area contributed by atoms with E-state index in [0.29, 0.717) is 17.6 Å². The van der Waals surface area contributed by atoms with Gasteiger partial charge in [-0.05, 0) is 60.8 Å². The molecule has 1 rings (SSSR count). The van der Waals surface area contributed by atoms with Crippen molar-refractivity contribution in [2.75, 3.05) is 6.54 Å². The number of ether oxygens (including phenoxy) is 2. The second-order valence-electron chi connectivity index (χ2n) is 6.05. The molecule has 0 unspecified atom stereocenters. The summed E-state index contributed by atoms with van der Waals surface area (Å²) >= 11 is 3.20. The zero-order chi connectivity index (χ0) is 17.6. The van der Waals surface area contributed by atoms with Crippen molar-refractivity contribution >= 4 is 22.0 Å². The number of benzene rings is 1. The first-order chi connectivity index (χ1) is 10.6. The summed E-state index contributed by atoms with van der Waals surface area (Å²) < 4.78 is 34.7. The van der Waals surface area contributed by atoms with E-state index in [9.17, 15) is 13.6 Å². The van der Waals surface area contributed by atoms with Gasteiger partial charge in [0.15, 0.2) is 0 Å². The zero-order valence-electron chi connectivity index (χ0n) is 13.7. The number of hydrogen-bond acceptors (Lipinski definition) is 3. The van der Waals surface area contributed by atoms with Crippen LogP contribution in [0.25, 0.3) is 0 Å². The maximum atomic E-state index is 12.3. The number of amides is 1. The van der Waals surface area contributed by atoms with E-state index in [1.54, 1.807) is 17.0 Å². The van der Waals surface area contributed by atoms with Crippen LogP contribution in [-0.2, 0) is 11.3 Å². The lowest BCUT2D eigenvalue weighted by Gasteiger charge is -2.27. The number of alkyl halides is 2. The number of carbonyl (C=O) groups is 1. The van der Waals surface area contributed by atoms with Gasteiger partial charge in [0.25, 0.3) is 0 Å². The molecule has 0 saturated carbocycles. The van der Waals surface area contributed by atoms with Gasteiger partial charge in [-0.15, -0.1) is 0 Å². The molecule has 0 aliphatic heterocycles. The molecule has 0 radical (unpaired) electrons. The predicted octanol–water partition coefficient (Wildman–Crippen LogP) is 5.20. The van der Waals surface area contributed by atoms with E-state index in [-0.39, 0.29) is 5.75 Å². The van der Waals surface area contributed by atoms with Crippen LogP contribution in [0.15, 0.2) is 22.7 Å². The summed E-state index contributed by atoms with van der Waals surface area (Å²) in [6.07, 6.45) is 0.385. The molecule has 130 valence electrons. The first-order valence-electron chi connectivity index (χ1n) is 7.33. The zero-order valence-corrected chi connectivity index (χ0v) is 15.3. The average Bonchev–Trinajstić information content (AvgIpc) is 2.39. The topological polar surface area (TPSA) is 38.8 Å². The van der Waals surface area contributed by atoms with Gasteiger partial charge in [0.05, 0.1) is 4.47 Å². The standard InChI is InChI=1S/C16H22BrF2NO3/c1-5-8-20(15(21)23-16(2,3)4)10-11-6-7-13(12(17)9-11)22-14(18)19/h6-7,9,14H,5,8,10H2,1-4H3. The molecule has 0 heterocycles. The first-order valence-corrected chi connectivity index (χ1v) is 8.13. The van der Waals surface area contributed by atoms with Gasteiger partial charge in [-0.3, -0.25) is 0 Å². The highest BCUT2D eigenvalue weighted by Gasteiger charge is 2.22. The van der Waals surface area contributed by atoms with Crippen molar-refractivity contribution in [2.45, 2.75) is 52.9 Å². The maximum absolute atomic E-state index is 12.3. The minimum Gasteiger partial charge on any atom is -0.444 e. The minimum absolute atomic E-state index is 0.0584. The van der Waals surface area contributed by atoms with Gasteiger partial charge in [0.1, 0.15) is 11.4 Å². The second kappa shape index (κ2) is 8.47. The van der Waals surface area contributed by atoms with E-state index in [1.807, 2.05) is 27.7 Å². The molecule has 0 N–H and O–H groups in total. The molecule has 0 aromatic heterocycles. The highest BCUT2D eigenvalue weighted by molar-refractivity contribution is 9.10. The lowest BCUT2D eigenvalue weighted by molar-refractivity contribution is -0.0503. The molecule has 0 aliphatic carbocycles. The summed E-state index contributed by atoms with van der Waals surface area (Å²) in [7, 11) is 0. The third kappa shape index (κ3) is 7.16. The fourth-order valence-electron chi connectivity index (χ4n) is 1.89. The molecule has 0 spiro atoms. The van der Waals surface area contributed by atoms with Gasteiger partial charge in [-0.2, -0.15) is 8.78 Å². The Labute approximate surface area is 143 Å². The van der Waals surface area contributed by atoms with Crippen LogP contribution in [0.2, 0.25) is 0 Å². The summed E-state index contributed by atoms with van der Waals surface area (Å²) in [6, 6.07) is 4.75. The molecule has 1 amide bonds. The number of halogens is 3. The normalized spacial score (nSPS) is 11.5. The second-order valence-corrected chi connectivity index (χ2v) is 6.90. The summed E-state index contributed by atoms with van der Waals surface area (Å²) in [5.41, 5.74) is 0.219. The monoisotopic (exact) mass is 393 g/mol. The summed E-state index contributed by atoms with van der Waals surface area (Å²) in [6.45, 7) is 5.38. The van der Waals surface area contributed by atoms with Crippen molar-refractivity contribution < 1.29 is 23.0 Å². The number of carbonyl (C=O) groups excluding carboxylic acids is 1. The molecule has 0 fully saturated rings. The van der Waals surface area contributed by atoms with E-state index in [1.165, 1.54) is 6.07 Å². The number of hydrogen-bond donors (Lipinski definition) is 0. The molecule has 7 heteroatoms. The highest BCUT2D eigenvalue weighted by Crippen LogP contribution is 2.28. The molecule has 0 bridgehead atoms. The Morgan fingerprint density at radius 3 is 2.48 bits per heavy atom. The van der Waals surface area contributed by atoms with Gasteiger partial charge < -0.3 is 14.4 Å². The van der Waals surface area contributed by atoms with Crippen LogP contribution >= 0.6 is 15.9 Å². The van der Waals surface area contributed by atoms with Crippen LogP contribution in [0.1, 0.15) is 39.7 Å². The van der Waals surface area contributed by atoms with E-state index >= 15 is 0 Å². The largest absolute Gasteiger partial charge is 0.444 e. The summed E-state index contributed by atoms with van der Waals surface area (Å²) in [5, 5.41) is 0. The van der Waals surface area contributed by atoms with E-state index in [0.717, 1.165) is 12.0 Å². The van der Waals surface area contributed by atoms with Gasteiger partial charge in [-0.25, -0.2) is 4.79 Å². The van der Waals surface area contributed by atoms with Crippen molar-refractivity contribution in [1.82, 2.24) is 4.90 Å².